The number of sulfonamides is 1. The minimum atomic E-state index is -4.04. The molecule has 12 heteroatoms. The number of carbonyl (C=O) groups excluding carboxylic acids is 2. The number of hydrogen-bond acceptors (Lipinski definition) is 7. The molecule has 0 bridgehead atoms. The summed E-state index contributed by atoms with van der Waals surface area (Å²) in [4.78, 5) is 26.0. The van der Waals surface area contributed by atoms with Crippen molar-refractivity contribution in [3.63, 3.8) is 0 Å². The first-order chi connectivity index (χ1) is 15.2. The summed E-state index contributed by atoms with van der Waals surface area (Å²) in [6.07, 6.45) is 1.24. The number of halogens is 1. The summed E-state index contributed by atoms with van der Waals surface area (Å²) in [5.41, 5.74) is 2.18. The Bertz CT molecular complexity index is 1290. The summed E-state index contributed by atoms with van der Waals surface area (Å²) < 4.78 is 27.7. The van der Waals surface area contributed by atoms with Crippen LogP contribution in [-0.4, -0.2) is 37.0 Å². The molecule has 2 heterocycles. The van der Waals surface area contributed by atoms with Gasteiger partial charge >= 0.3 is 0 Å². The van der Waals surface area contributed by atoms with Crippen LogP contribution in [0.15, 0.2) is 46.8 Å². The van der Waals surface area contributed by atoms with Crippen LogP contribution < -0.4 is 14.9 Å². The van der Waals surface area contributed by atoms with Crippen molar-refractivity contribution in [1.29, 1.82) is 0 Å². The standard InChI is InChI=1S/C20H18ClN5O4S2/c1-12-4-9-15(11-16(12)26-10-2-3-17(26)27)25-32(29,30)20-24-23-19(31-20)22-18(28)13-5-7-14(21)8-6-13/h4-9,11,25H,2-3,10H2,1H3,(H,22,23,28). The molecule has 0 saturated carbocycles. The monoisotopic (exact) mass is 491 g/mol. The van der Waals surface area contributed by atoms with E-state index in [0.29, 0.717) is 34.9 Å². The molecule has 4 rings (SSSR count). The van der Waals surface area contributed by atoms with Crippen LogP contribution in [0, 0.1) is 6.92 Å². The van der Waals surface area contributed by atoms with Gasteiger partial charge in [-0.2, -0.15) is 8.42 Å². The Morgan fingerprint density at radius 2 is 1.91 bits per heavy atom. The van der Waals surface area contributed by atoms with Crippen molar-refractivity contribution in [3.8, 4) is 0 Å². The zero-order valence-corrected chi connectivity index (χ0v) is 19.2. The van der Waals surface area contributed by atoms with Crippen LogP contribution in [0.2, 0.25) is 5.02 Å². The molecule has 0 radical (unpaired) electrons. The van der Waals surface area contributed by atoms with Gasteiger partial charge in [-0.25, -0.2) is 0 Å². The van der Waals surface area contributed by atoms with Crippen molar-refractivity contribution in [2.24, 2.45) is 0 Å². The summed E-state index contributed by atoms with van der Waals surface area (Å²) in [5.74, 6) is -0.452. The number of hydrogen-bond donors (Lipinski definition) is 2. The minimum absolute atomic E-state index is 0.0123. The van der Waals surface area contributed by atoms with E-state index in [9.17, 15) is 18.0 Å². The van der Waals surface area contributed by atoms with Gasteiger partial charge in [0.2, 0.25) is 11.0 Å². The Balaban J connectivity index is 1.50. The van der Waals surface area contributed by atoms with E-state index in [2.05, 4.69) is 20.2 Å². The van der Waals surface area contributed by atoms with Crippen molar-refractivity contribution < 1.29 is 18.0 Å². The van der Waals surface area contributed by atoms with Gasteiger partial charge in [0.15, 0.2) is 0 Å². The van der Waals surface area contributed by atoms with Crippen molar-refractivity contribution in [1.82, 2.24) is 10.2 Å². The van der Waals surface area contributed by atoms with Gasteiger partial charge in [0.25, 0.3) is 20.3 Å². The highest BCUT2D eigenvalue weighted by Crippen LogP contribution is 2.30. The van der Waals surface area contributed by atoms with E-state index in [0.717, 1.165) is 23.3 Å². The highest BCUT2D eigenvalue weighted by molar-refractivity contribution is 7.94. The predicted molar refractivity (Wildman–Crippen MR) is 123 cm³/mol. The Morgan fingerprint density at radius 3 is 2.59 bits per heavy atom. The Kier molecular flexibility index (Phi) is 6.13. The lowest BCUT2D eigenvalue weighted by atomic mass is 10.1. The molecule has 1 aliphatic heterocycles. The van der Waals surface area contributed by atoms with Crippen LogP contribution in [0.4, 0.5) is 16.5 Å². The second-order valence-electron chi connectivity index (χ2n) is 7.09. The first-order valence-corrected chi connectivity index (χ1v) is 12.2. The molecule has 0 atom stereocenters. The zero-order valence-electron chi connectivity index (χ0n) is 16.8. The van der Waals surface area contributed by atoms with Gasteiger partial charge in [-0.3, -0.25) is 19.6 Å². The fourth-order valence-corrected chi connectivity index (χ4v) is 5.28. The van der Waals surface area contributed by atoms with Crippen LogP contribution in [-0.2, 0) is 14.8 Å². The number of nitrogens with one attached hydrogen (secondary N) is 2. The molecular formula is C20H18ClN5O4S2. The maximum atomic E-state index is 12.8. The number of amides is 2. The van der Waals surface area contributed by atoms with Crippen molar-refractivity contribution in [2.45, 2.75) is 24.1 Å². The summed E-state index contributed by atoms with van der Waals surface area (Å²) in [7, 11) is -4.04. The minimum Gasteiger partial charge on any atom is -0.312 e. The first-order valence-electron chi connectivity index (χ1n) is 9.57. The van der Waals surface area contributed by atoms with Crippen molar-refractivity contribution >= 4 is 61.3 Å². The van der Waals surface area contributed by atoms with E-state index in [4.69, 9.17) is 11.6 Å². The molecule has 166 valence electrons. The van der Waals surface area contributed by atoms with Gasteiger partial charge in [0, 0.05) is 29.2 Å². The number of aromatic nitrogens is 2. The Hall–Kier alpha value is -3.02. The molecule has 2 amide bonds. The van der Waals surface area contributed by atoms with Gasteiger partial charge in [-0.1, -0.05) is 29.0 Å². The average Bonchev–Trinajstić information content (AvgIpc) is 3.39. The van der Waals surface area contributed by atoms with Crippen LogP contribution >= 0.6 is 22.9 Å². The SMILES string of the molecule is Cc1ccc(NS(=O)(=O)c2nnc(NC(=O)c3ccc(Cl)cc3)s2)cc1N1CCCC1=O. The Morgan fingerprint density at radius 1 is 1.16 bits per heavy atom. The third-order valence-electron chi connectivity index (χ3n) is 4.79. The van der Waals surface area contributed by atoms with Crippen molar-refractivity contribution in [3.05, 3.63) is 58.6 Å². The quantitative estimate of drug-likeness (QED) is 0.507. The largest absolute Gasteiger partial charge is 0.312 e. The third kappa shape index (κ3) is 4.74. The lowest BCUT2D eigenvalue weighted by molar-refractivity contribution is -0.117. The molecule has 32 heavy (non-hydrogen) atoms. The fourth-order valence-electron chi connectivity index (χ4n) is 3.20. The molecule has 0 aliphatic carbocycles. The normalized spacial score (nSPS) is 13.9. The summed E-state index contributed by atoms with van der Waals surface area (Å²) in [6, 6.07) is 11.2. The number of carbonyl (C=O) groups is 2. The molecule has 3 aromatic rings. The van der Waals surface area contributed by atoms with Gasteiger partial charge < -0.3 is 4.90 Å². The van der Waals surface area contributed by atoms with E-state index < -0.39 is 15.9 Å². The average molecular weight is 492 g/mol. The second kappa shape index (κ2) is 8.85. The van der Waals surface area contributed by atoms with Crippen LogP contribution in [0.1, 0.15) is 28.8 Å². The van der Waals surface area contributed by atoms with E-state index in [-0.39, 0.29) is 15.4 Å². The fraction of sp³-hybridized carbons (Fsp3) is 0.200. The lowest BCUT2D eigenvalue weighted by Crippen LogP contribution is -2.24. The zero-order chi connectivity index (χ0) is 22.9. The molecule has 1 fully saturated rings. The number of aryl methyl sites for hydroxylation is 1. The highest BCUT2D eigenvalue weighted by Gasteiger charge is 2.25. The molecular weight excluding hydrogens is 474 g/mol. The second-order valence-corrected chi connectivity index (χ2v) is 10.4. The molecule has 1 aromatic heterocycles. The van der Waals surface area contributed by atoms with E-state index in [1.807, 2.05) is 6.92 Å². The third-order valence-corrected chi connectivity index (χ3v) is 7.63. The van der Waals surface area contributed by atoms with Gasteiger partial charge in [0.05, 0.1) is 5.69 Å². The molecule has 9 nitrogen and oxygen atoms in total. The smallest absolute Gasteiger partial charge is 0.291 e. The van der Waals surface area contributed by atoms with E-state index in [1.54, 1.807) is 35.2 Å². The van der Waals surface area contributed by atoms with Gasteiger partial charge in [-0.15, -0.1) is 10.2 Å². The van der Waals surface area contributed by atoms with E-state index in [1.165, 1.54) is 12.1 Å². The topological polar surface area (TPSA) is 121 Å². The lowest BCUT2D eigenvalue weighted by Gasteiger charge is -2.19. The maximum absolute atomic E-state index is 12.8. The molecule has 0 unspecified atom stereocenters. The first kappa shape index (κ1) is 22.2. The van der Waals surface area contributed by atoms with Gasteiger partial charge in [-0.05, 0) is 55.3 Å². The summed E-state index contributed by atoms with van der Waals surface area (Å²) >= 11 is 6.54. The molecule has 2 aromatic carbocycles. The predicted octanol–water partition coefficient (Wildman–Crippen LogP) is 3.68. The van der Waals surface area contributed by atoms with Crippen LogP contribution in [0.3, 0.4) is 0 Å². The summed E-state index contributed by atoms with van der Waals surface area (Å²) in [6.45, 7) is 2.46. The van der Waals surface area contributed by atoms with Gasteiger partial charge in [0.1, 0.15) is 0 Å². The number of nitrogens with zero attached hydrogens (tertiary/aromatic N) is 3. The number of benzene rings is 2. The summed E-state index contributed by atoms with van der Waals surface area (Å²) in [5, 5.41) is 10.5. The maximum Gasteiger partial charge on any atom is 0.291 e. The molecule has 1 saturated heterocycles. The number of anilines is 3. The molecule has 1 aliphatic rings. The van der Waals surface area contributed by atoms with Crippen LogP contribution in [0.25, 0.3) is 0 Å². The van der Waals surface area contributed by atoms with Crippen LogP contribution in [0.5, 0.6) is 0 Å². The molecule has 2 N–H and O–H groups in total. The highest BCUT2D eigenvalue weighted by atomic mass is 35.5. The molecule has 0 spiro atoms. The van der Waals surface area contributed by atoms with Crippen molar-refractivity contribution in [2.75, 3.05) is 21.5 Å². The van der Waals surface area contributed by atoms with E-state index >= 15 is 0 Å². The number of rotatable bonds is 6. The Labute approximate surface area is 193 Å².